The topological polar surface area (TPSA) is 73.3 Å². The van der Waals surface area contributed by atoms with Crippen molar-refractivity contribution in [1.29, 1.82) is 5.41 Å². The fraction of sp³-hybridized carbons (Fsp3) is 0.923. The van der Waals surface area contributed by atoms with E-state index in [2.05, 4.69) is 4.90 Å². The fourth-order valence-corrected chi connectivity index (χ4v) is 3.19. The molecule has 0 aromatic heterocycles. The van der Waals surface area contributed by atoms with E-state index in [1.807, 2.05) is 0 Å². The summed E-state index contributed by atoms with van der Waals surface area (Å²) in [6, 6.07) is 0.659. The Morgan fingerprint density at radius 3 is 2.47 bits per heavy atom. The van der Waals surface area contributed by atoms with E-state index in [1.165, 1.54) is 38.5 Å². The average molecular weight is 239 g/mol. The van der Waals surface area contributed by atoms with E-state index in [4.69, 9.17) is 11.1 Å². The first kappa shape index (κ1) is 12.8. The Morgan fingerprint density at radius 2 is 2.00 bits per heavy atom. The highest BCUT2D eigenvalue weighted by Gasteiger charge is 2.45. The second kappa shape index (κ2) is 5.36. The maximum Gasteiger partial charge on any atom is 0.0911 e. The molecular weight excluding hydrogens is 214 g/mol. The van der Waals surface area contributed by atoms with Gasteiger partial charge in [0.25, 0.3) is 0 Å². The van der Waals surface area contributed by atoms with Gasteiger partial charge < -0.3 is 10.8 Å². The predicted octanol–water partition coefficient (Wildman–Crippen LogP) is 1.33. The molecule has 2 aliphatic rings. The van der Waals surface area contributed by atoms with Crippen molar-refractivity contribution in [1.82, 2.24) is 4.90 Å². The zero-order valence-electron chi connectivity index (χ0n) is 10.6. The second-order valence-corrected chi connectivity index (χ2v) is 5.83. The van der Waals surface area contributed by atoms with Crippen LogP contribution in [0.15, 0.2) is 0 Å². The quantitative estimate of drug-likeness (QED) is 0.463. The van der Waals surface area contributed by atoms with E-state index in [0.717, 1.165) is 19.5 Å². The lowest BCUT2D eigenvalue weighted by Gasteiger charge is -2.32. The van der Waals surface area contributed by atoms with Gasteiger partial charge in [-0.2, -0.15) is 0 Å². The highest BCUT2D eigenvalue weighted by Crippen LogP contribution is 2.49. The van der Waals surface area contributed by atoms with Crippen LogP contribution in [-0.2, 0) is 0 Å². The molecule has 2 rings (SSSR count). The summed E-state index contributed by atoms with van der Waals surface area (Å²) in [6.07, 6.45) is 8.33. The number of nitrogens with two attached hydrogens (primary N) is 1. The zero-order chi connectivity index (χ0) is 12.3. The van der Waals surface area contributed by atoms with Crippen LogP contribution in [0.25, 0.3) is 0 Å². The van der Waals surface area contributed by atoms with E-state index >= 15 is 0 Å². The van der Waals surface area contributed by atoms with E-state index in [0.29, 0.717) is 11.9 Å². The number of aliphatic hydroxyl groups excluding tert-OH is 1. The van der Waals surface area contributed by atoms with Gasteiger partial charge in [-0.3, -0.25) is 10.3 Å². The Hall–Kier alpha value is -0.610. The maximum absolute atomic E-state index is 9.19. The van der Waals surface area contributed by atoms with Gasteiger partial charge in [-0.1, -0.05) is 12.8 Å². The zero-order valence-corrected chi connectivity index (χ0v) is 10.6. The highest BCUT2D eigenvalue weighted by molar-refractivity contribution is 5.78. The Balaban J connectivity index is 1.90. The second-order valence-electron chi connectivity index (χ2n) is 5.83. The third-order valence-electron chi connectivity index (χ3n) is 4.29. The number of nitrogens with zero attached hydrogens (tertiary/aromatic N) is 1. The van der Waals surface area contributed by atoms with Crippen LogP contribution in [0.1, 0.15) is 44.9 Å². The largest absolute Gasteiger partial charge is 0.395 e. The van der Waals surface area contributed by atoms with Gasteiger partial charge in [-0.15, -0.1) is 0 Å². The van der Waals surface area contributed by atoms with Crippen LogP contribution in [0.2, 0.25) is 0 Å². The van der Waals surface area contributed by atoms with Crippen molar-refractivity contribution in [3.8, 4) is 0 Å². The molecule has 2 saturated carbocycles. The minimum atomic E-state index is 0.243. The number of rotatable bonds is 7. The number of aliphatic hydroxyl groups is 1. The summed E-state index contributed by atoms with van der Waals surface area (Å²) in [5.41, 5.74) is 5.80. The number of hydrogen-bond donors (Lipinski definition) is 3. The van der Waals surface area contributed by atoms with Gasteiger partial charge in [0.2, 0.25) is 0 Å². The van der Waals surface area contributed by atoms with Gasteiger partial charge in [-0.05, 0) is 31.1 Å². The first-order valence-electron chi connectivity index (χ1n) is 6.83. The average Bonchev–Trinajstić information content (AvgIpc) is 2.82. The van der Waals surface area contributed by atoms with Crippen LogP contribution in [0.5, 0.6) is 0 Å². The summed E-state index contributed by atoms with van der Waals surface area (Å²) in [6.45, 7) is 2.05. The third kappa shape index (κ3) is 3.42. The Labute approximate surface area is 104 Å². The third-order valence-corrected chi connectivity index (χ3v) is 4.29. The SMILES string of the molecule is N=C(N)CC1(CN(CCO)C2CCCC2)CC1. The van der Waals surface area contributed by atoms with E-state index in [1.54, 1.807) is 0 Å². The number of hydrogen-bond acceptors (Lipinski definition) is 3. The van der Waals surface area contributed by atoms with Crippen molar-refractivity contribution in [3.05, 3.63) is 0 Å². The molecule has 0 bridgehead atoms. The van der Waals surface area contributed by atoms with Gasteiger partial charge >= 0.3 is 0 Å². The molecule has 0 aromatic rings. The van der Waals surface area contributed by atoms with Gasteiger partial charge in [0.05, 0.1) is 12.4 Å². The summed E-state index contributed by atoms with van der Waals surface area (Å²) in [7, 11) is 0. The van der Waals surface area contributed by atoms with Crippen molar-refractivity contribution in [2.75, 3.05) is 19.7 Å². The summed E-state index contributed by atoms with van der Waals surface area (Å²) < 4.78 is 0. The van der Waals surface area contributed by atoms with Gasteiger partial charge in [0, 0.05) is 25.6 Å². The van der Waals surface area contributed by atoms with Crippen LogP contribution in [0, 0.1) is 10.8 Å². The molecule has 0 saturated heterocycles. The van der Waals surface area contributed by atoms with Gasteiger partial charge in [0.15, 0.2) is 0 Å². The van der Waals surface area contributed by atoms with Crippen LogP contribution in [0.3, 0.4) is 0 Å². The molecule has 2 aliphatic carbocycles. The molecule has 4 N–H and O–H groups in total. The fourth-order valence-electron chi connectivity index (χ4n) is 3.19. The standard InChI is InChI=1S/C13H25N3O/c14-12(15)9-13(5-6-13)10-16(7-8-17)11-3-1-2-4-11/h11,17H,1-10H2,(H3,14,15). The number of amidine groups is 1. The molecule has 0 radical (unpaired) electrons. The molecule has 0 aromatic carbocycles. The predicted molar refractivity (Wildman–Crippen MR) is 69.1 cm³/mol. The molecule has 0 heterocycles. The normalized spacial score (nSPS) is 23.2. The molecular formula is C13H25N3O. The van der Waals surface area contributed by atoms with Crippen molar-refractivity contribution >= 4 is 5.84 Å². The maximum atomic E-state index is 9.19. The summed E-state index contributed by atoms with van der Waals surface area (Å²) in [4.78, 5) is 2.45. The summed E-state index contributed by atoms with van der Waals surface area (Å²) in [5, 5.41) is 16.6. The van der Waals surface area contributed by atoms with Crippen LogP contribution >= 0.6 is 0 Å². The Kier molecular flexibility index (Phi) is 4.05. The van der Waals surface area contributed by atoms with Crippen LogP contribution in [0.4, 0.5) is 0 Å². The van der Waals surface area contributed by atoms with Crippen molar-refractivity contribution < 1.29 is 5.11 Å². The molecule has 0 spiro atoms. The lowest BCUT2D eigenvalue weighted by molar-refractivity contribution is 0.126. The van der Waals surface area contributed by atoms with Crippen LogP contribution < -0.4 is 5.73 Å². The molecule has 4 nitrogen and oxygen atoms in total. The number of nitrogens with one attached hydrogen (secondary N) is 1. The molecule has 2 fully saturated rings. The molecule has 0 unspecified atom stereocenters. The van der Waals surface area contributed by atoms with E-state index < -0.39 is 0 Å². The summed E-state index contributed by atoms with van der Waals surface area (Å²) in [5.74, 6) is 0.317. The van der Waals surface area contributed by atoms with E-state index in [9.17, 15) is 5.11 Å². The highest BCUT2D eigenvalue weighted by atomic mass is 16.3. The Morgan fingerprint density at radius 1 is 1.35 bits per heavy atom. The first-order valence-corrected chi connectivity index (χ1v) is 6.83. The lowest BCUT2D eigenvalue weighted by Crippen LogP contribution is -2.40. The van der Waals surface area contributed by atoms with Crippen molar-refractivity contribution in [2.24, 2.45) is 11.1 Å². The van der Waals surface area contributed by atoms with Crippen molar-refractivity contribution in [3.63, 3.8) is 0 Å². The van der Waals surface area contributed by atoms with Gasteiger partial charge in [-0.25, -0.2) is 0 Å². The first-order chi connectivity index (χ1) is 8.15. The molecule has 0 atom stereocenters. The smallest absolute Gasteiger partial charge is 0.0911 e. The molecule has 0 aliphatic heterocycles. The molecule has 0 amide bonds. The van der Waals surface area contributed by atoms with Crippen molar-refractivity contribution in [2.45, 2.75) is 51.0 Å². The van der Waals surface area contributed by atoms with E-state index in [-0.39, 0.29) is 12.0 Å². The van der Waals surface area contributed by atoms with Gasteiger partial charge in [0.1, 0.15) is 0 Å². The monoisotopic (exact) mass is 239 g/mol. The molecule has 17 heavy (non-hydrogen) atoms. The minimum Gasteiger partial charge on any atom is -0.395 e. The summed E-state index contributed by atoms with van der Waals surface area (Å²) >= 11 is 0. The van der Waals surface area contributed by atoms with Crippen LogP contribution in [-0.4, -0.2) is 41.6 Å². The minimum absolute atomic E-state index is 0.243. The Bertz CT molecular complexity index is 270. The molecule has 98 valence electrons. The lowest BCUT2D eigenvalue weighted by atomic mass is 9.99. The molecule has 4 heteroatoms.